The van der Waals surface area contributed by atoms with Gasteiger partial charge in [0.25, 0.3) is 0 Å². The van der Waals surface area contributed by atoms with Crippen LogP contribution in [0.2, 0.25) is 0 Å². The molecule has 1 saturated carbocycles. The lowest BCUT2D eigenvalue weighted by Gasteiger charge is -2.30. The van der Waals surface area contributed by atoms with Crippen molar-refractivity contribution in [3.63, 3.8) is 0 Å². The van der Waals surface area contributed by atoms with E-state index in [1.165, 1.54) is 25.0 Å². The quantitative estimate of drug-likeness (QED) is 0.909. The lowest BCUT2D eigenvalue weighted by Crippen LogP contribution is -2.40. The maximum atomic E-state index is 13.4. The van der Waals surface area contributed by atoms with Crippen molar-refractivity contribution in [2.45, 2.75) is 38.5 Å². The number of amides is 2. The molecule has 2 aliphatic rings. The third kappa shape index (κ3) is 3.13. The van der Waals surface area contributed by atoms with Gasteiger partial charge in [-0.15, -0.1) is 0 Å². The van der Waals surface area contributed by atoms with Gasteiger partial charge in [0.1, 0.15) is 5.82 Å². The van der Waals surface area contributed by atoms with E-state index in [2.05, 4.69) is 5.32 Å². The Morgan fingerprint density at radius 3 is 2.86 bits per heavy atom. The molecule has 0 radical (unpaired) electrons. The summed E-state index contributed by atoms with van der Waals surface area (Å²) in [4.78, 5) is 26.6. The number of nitrogens with zero attached hydrogens (tertiary/aromatic N) is 1. The zero-order valence-corrected chi connectivity index (χ0v) is 12.8. The molecule has 0 saturated heterocycles. The molecule has 1 aliphatic carbocycles. The molecule has 5 heteroatoms. The van der Waals surface area contributed by atoms with Crippen LogP contribution in [0.15, 0.2) is 18.2 Å². The molecule has 0 spiro atoms. The van der Waals surface area contributed by atoms with Crippen LogP contribution in [0.4, 0.5) is 10.1 Å². The Labute approximate surface area is 129 Å². The Bertz CT molecular complexity index is 598. The Kier molecular flexibility index (Phi) is 4.14. The predicted molar refractivity (Wildman–Crippen MR) is 82.0 cm³/mol. The lowest BCUT2D eigenvalue weighted by atomic mass is 9.89. The lowest BCUT2D eigenvalue weighted by molar-refractivity contribution is -0.135. The molecule has 2 amide bonds. The molecule has 1 atom stereocenters. The summed E-state index contributed by atoms with van der Waals surface area (Å²) in [5.41, 5.74) is 1.15. The van der Waals surface area contributed by atoms with Crippen LogP contribution in [0.3, 0.4) is 0 Å². The fourth-order valence-corrected chi connectivity index (χ4v) is 3.05. The number of carbonyl (C=O) groups excluding carboxylic acids is 2. The zero-order valence-electron chi connectivity index (χ0n) is 12.8. The minimum absolute atomic E-state index is 0.00328. The first-order valence-corrected chi connectivity index (χ1v) is 7.96. The van der Waals surface area contributed by atoms with E-state index < -0.39 is 11.7 Å². The van der Waals surface area contributed by atoms with E-state index in [4.69, 9.17) is 0 Å². The van der Waals surface area contributed by atoms with Gasteiger partial charge in [-0.2, -0.15) is 0 Å². The summed E-state index contributed by atoms with van der Waals surface area (Å²) >= 11 is 0. The number of rotatable bonds is 5. The normalized spacial score (nSPS) is 20.3. The molecule has 1 aromatic rings. The van der Waals surface area contributed by atoms with E-state index in [1.54, 1.807) is 6.07 Å². The molecule has 118 valence electrons. The average Bonchev–Trinajstić information content (AvgIpc) is 3.28. The van der Waals surface area contributed by atoms with Crippen molar-refractivity contribution >= 4 is 17.5 Å². The van der Waals surface area contributed by atoms with Gasteiger partial charge in [0.2, 0.25) is 11.8 Å². The van der Waals surface area contributed by atoms with Crippen LogP contribution in [-0.2, 0) is 9.59 Å². The number of halogens is 1. The van der Waals surface area contributed by atoms with Crippen molar-refractivity contribution in [2.75, 3.05) is 18.4 Å². The van der Waals surface area contributed by atoms with Gasteiger partial charge in [0, 0.05) is 25.2 Å². The van der Waals surface area contributed by atoms with Gasteiger partial charge in [-0.3, -0.25) is 9.59 Å². The minimum Gasteiger partial charge on any atom is -0.342 e. The molecule has 0 aromatic heterocycles. The van der Waals surface area contributed by atoms with Crippen molar-refractivity contribution in [1.29, 1.82) is 0 Å². The van der Waals surface area contributed by atoms with Gasteiger partial charge in [0.05, 0.1) is 5.92 Å². The third-order valence-corrected chi connectivity index (χ3v) is 4.33. The summed E-state index contributed by atoms with van der Waals surface area (Å²) in [6.45, 7) is 3.54. The largest absolute Gasteiger partial charge is 0.342 e. The number of anilines is 1. The molecule has 4 nitrogen and oxygen atoms in total. The fraction of sp³-hybridized carbons (Fsp3) is 0.529. The maximum Gasteiger partial charge on any atom is 0.230 e. The van der Waals surface area contributed by atoms with E-state index >= 15 is 0 Å². The van der Waals surface area contributed by atoms with E-state index in [9.17, 15) is 14.0 Å². The average molecular weight is 304 g/mol. The van der Waals surface area contributed by atoms with Gasteiger partial charge >= 0.3 is 0 Å². The highest BCUT2D eigenvalue weighted by molar-refractivity contribution is 6.01. The van der Waals surface area contributed by atoms with Crippen LogP contribution in [0.25, 0.3) is 0 Å². The van der Waals surface area contributed by atoms with Crippen LogP contribution < -0.4 is 5.32 Å². The molecule has 1 aliphatic heterocycles. The number of benzene rings is 1. The highest BCUT2D eigenvalue weighted by Crippen LogP contribution is 2.36. The molecular formula is C17H21FN2O2. The highest BCUT2D eigenvalue weighted by atomic mass is 19.1. The van der Waals surface area contributed by atoms with Gasteiger partial charge in [-0.05, 0) is 42.9 Å². The van der Waals surface area contributed by atoms with Crippen molar-refractivity contribution in [3.05, 3.63) is 29.6 Å². The second-order valence-electron chi connectivity index (χ2n) is 6.26. The maximum absolute atomic E-state index is 13.4. The second kappa shape index (κ2) is 6.07. The monoisotopic (exact) mass is 304 g/mol. The molecular weight excluding hydrogens is 283 g/mol. The molecule has 1 unspecified atom stereocenters. The summed E-state index contributed by atoms with van der Waals surface area (Å²) in [6.07, 6.45) is 3.40. The molecule has 1 aromatic carbocycles. The summed E-state index contributed by atoms with van der Waals surface area (Å²) in [5.74, 6) is -0.512. The SMILES string of the molecule is CCCN(CC1CC1)C(=O)C1CC(=O)Nc2cc(F)ccc21. The van der Waals surface area contributed by atoms with Crippen LogP contribution in [-0.4, -0.2) is 29.8 Å². The second-order valence-corrected chi connectivity index (χ2v) is 6.26. The van der Waals surface area contributed by atoms with Crippen LogP contribution in [0.1, 0.15) is 44.1 Å². The summed E-state index contributed by atoms with van der Waals surface area (Å²) in [6, 6.07) is 4.26. The minimum atomic E-state index is -0.491. The van der Waals surface area contributed by atoms with Crippen molar-refractivity contribution in [3.8, 4) is 0 Å². The molecule has 1 heterocycles. The van der Waals surface area contributed by atoms with Gasteiger partial charge in [-0.1, -0.05) is 13.0 Å². The number of hydrogen-bond acceptors (Lipinski definition) is 2. The van der Waals surface area contributed by atoms with E-state index in [1.807, 2.05) is 11.8 Å². The smallest absolute Gasteiger partial charge is 0.230 e. The van der Waals surface area contributed by atoms with Crippen LogP contribution >= 0.6 is 0 Å². The number of nitrogens with one attached hydrogen (secondary N) is 1. The summed E-state index contributed by atoms with van der Waals surface area (Å²) in [5, 5.41) is 2.66. The van der Waals surface area contributed by atoms with E-state index in [0.29, 0.717) is 18.2 Å². The van der Waals surface area contributed by atoms with Crippen LogP contribution in [0, 0.1) is 11.7 Å². The van der Waals surface area contributed by atoms with E-state index in [0.717, 1.165) is 18.5 Å². The number of carbonyl (C=O) groups is 2. The topological polar surface area (TPSA) is 49.4 Å². The summed E-state index contributed by atoms with van der Waals surface area (Å²) in [7, 11) is 0. The molecule has 1 fully saturated rings. The molecule has 3 rings (SSSR count). The van der Waals surface area contributed by atoms with Gasteiger partial charge in [-0.25, -0.2) is 4.39 Å². The Hall–Kier alpha value is -1.91. The Morgan fingerprint density at radius 2 is 2.18 bits per heavy atom. The number of fused-ring (bicyclic) bond motifs is 1. The molecule has 22 heavy (non-hydrogen) atoms. The van der Waals surface area contributed by atoms with E-state index in [-0.39, 0.29) is 18.2 Å². The number of hydrogen-bond donors (Lipinski definition) is 1. The fourth-order valence-electron chi connectivity index (χ4n) is 3.05. The van der Waals surface area contributed by atoms with Gasteiger partial charge < -0.3 is 10.2 Å². The molecule has 1 N–H and O–H groups in total. The molecule has 0 bridgehead atoms. The van der Waals surface area contributed by atoms with Gasteiger partial charge in [0.15, 0.2) is 0 Å². The Balaban J connectivity index is 1.86. The standard InChI is InChI=1S/C17H21FN2O2/c1-2-7-20(10-11-3-4-11)17(22)14-9-16(21)19-15-8-12(18)5-6-13(14)15/h5-6,8,11,14H,2-4,7,9-10H2,1H3,(H,19,21). The first-order valence-electron chi connectivity index (χ1n) is 7.96. The predicted octanol–water partition coefficient (Wildman–Crippen LogP) is 2.90. The van der Waals surface area contributed by atoms with Crippen molar-refractivity contribution in [1.82, 2.24) is 4.90 Å². The van der Waals surface area contributed by atoms with Crippen molar-refractivity contribution < 1.29 is 14.0 Å². The van der Waals surface area contributed by atoms with Crippen LogP contribution in [0.5, 0.6) is 0 Å². The highest BCUT2D eigenvalue weighted by Gasteiger charge is 2.35. The van der Waals surface area contributed by atoms with Crippen molar-refractivity contribution in [2.24, 2.45) is 5.92 Å². The third-order valence-electron chi connectivity index (χ3n) is 4.33. The zero-order chi connectivity index (χ0) is 15.7. The Morgan fingerprint density at radius 1 is 1.41 bits per heavy atom. The first-order chi connectivity index (χ1) is 10.6. The summed E-state index contributed by atoms with van der Waals surface area (Å²) < 4.78 is 13.4. The first kappa shape index (κ1) is 15.0.